The molecule has 1 aromatic heterocycles. The molecule has 2 amide bonds. The lowest BCUT2D eigenvalue weighted by Crippen LogP contribution is -2.30. The van der Waals surface area contributed by atoms with Crippen LogP contribution in [0.15, 0.2) is 48.5 Å². The lowest BCUT2D eigenvalue weighted by molar-refractivity contribution is -0.129. The Balaban J connectivity index is 1.45. The van der Waals surface area contributed by atoms with E-state index in [-0.39, 0.29) is 30.2 Å². The Bertz CT molecular complexity index is 1020. The van der Waals surface area contributed by atoms with Gasteiger partial charge in [0.15, 0.2) is 5.13 Å². The van der Waals surface area contributed by atoms with Crippen LogP contribution >= 0.6 is 11.3 Å². The van der Waals surface area contributed by atoms with E-state index in [0.29, 0.717) is 11.7 Å². The molecule has 2 aromatic carbocycles. The van der Waals surface area contributed by atoms with Gasteiger partial charge in [0, 0.05) is 13.0 Å². The Hall–Kier alpha value is -2.73. The Kier molecular flexibility index (Phi) is 5.13. The standard InChI is InChI=1S/C22H23N3O2S/c1-3-15-9-10-18-19(11-15)28-22(23-18)24-21(27)17-12-20(26)25(13-17)14(2)16-7-5-4-6-8-16/h4-11,14,17H,3,12-13H2,1-2H3,(H,23,24,27). The molecule has 2 atom stereocenters. The first kappa shape index (κ1) is 18.6. The van der Waals surface area contributed by atoms with Crippen molar-refractivity contribution in [3.63, 3.8) is 0 Å². The summed E-state index contributed by atoms with van der Waals surface area (Å²) in [6, 6.07) is 16.0. The Morgan fingerprint density at radius 2 is 2.07 bits per heavy atom. The van der Waals surface area contributed by atoms with Crippen LogP contribution in [0.3, 0.4) is 0 Å². The summed E-state index contributed by atoms with van der Waals surface area (Å²) in [6.07, 6.45) is 1.21. The van der Waals surface area contributed by atoms with E-state index < -0.39 is 0 Å². The van der Waals surface area contributed by atoms with Gasteiger partial charge >= 0.3 is 0 Å². The number of anilines is 1. The average molecular weight is 394 g/mol. The zero-order chi connectivity index (χ0) is 19.7. The maximum absolute atomic E-state index is 12.7. The molecule has 28 heavy (non-hydrogen) atoms. The van der Waals surface area contributed by atoms with Crippen LogP contribution in [0.5, 0.6) is 0 Å². The van der Waals surface area contributed by atoms with E-state index in [1.54, 1.807) is 4.90 Å². The molecule has 0 bridgehead atoms. The van der Waals surface area contributed by atoms with Crippen molar-refractivity contribution in [3.8, 4) is 0 Å². The summed E-state index contributed by atoms with van der Waals surface area (Å²) in [5.41, 5.74) is 3.22. The number of aryl methyl sites for hydroxylation is 1. The van der Waals surface area contributed by atoms with E-state index in [1.807, 2.05) is 43.3 Å². The van der Waals surface area contributed by atoms with Gasteiger partial charge in [0.1, 0.15) is 0 Å². The highest BCUT2D eigenvalue weighted by molar-refractivity contribution is 7.22. The van der Waals surface area contributed by atoms with Gasteiger partial charge < -0.3 is 10.2 Å². The fraction of sp³-hybridized carbons (Fsp3) is 0.318. The van der Waals surface area contributed by atoms with Crippen molar-refractivity contribution in [1.29, 1.82) is 0 Å². The number of aromatic nitrogens is 1. The van der Waals surface area contributed by atoms with Crippen molar-refractivity contribution in [2.75, 3.05) is 11.9 Å². The number of benzene rings is 2. The highest BCUT2D eigenvalue weighted by atomic mass is 32.1. The number of carbonyl (C=O) groups is 2. The summed E-state index contributed by atoms with van der Waals surface area (Å²) in [7, 11) is 0. The Labute approximate surface area is 168 Å². The van der Waals surface area contributed by atoms with Crippen molar-refractivity contribution in [3.05, 3.63) is 59.7 Å². The van der Waals surface area contributed by atoms with E-state index in [0.717, 1.165) is 22.2 Å². The molecule has 144 valence electrons. The molecular weight excluding hydrogens is 370 g/mol. The molecule has 0 spiro atoms. The summed E-state index contributed by atoms with van der Waals surface area (Å²) in [5.74, 6) is -0.462. The molecule has 6 heteroatoms. The smallest absolute Gasteiger partial charge is 0.231 e. The second-order valence-corrected chi connectivity index (χ2v) is 8.23. The number of hydrogen-bond acceptors (Lipinski definition) is 4. The minimum absolute atomic E-state index is 0.0217. The van der Waals surface area contributed by atoms with Gasteiger partial charge in [0.05, 0.1) is 22.2 Å². The highest BCUT2D eigenvalue weighted by Gasteiger charge is 2.37. The SMILES string of the molecule is CCc1ccc2nc(NC(=O)C3CC(=O)N(C(C)c4ccccc4)C3)sc2c1. The molecule has 1 saturated heterocycles. The number of amides is 2. The van der Waals surface area contributed by atoms with Gasteiger partial charge in [-0.15, -0.1) is 0 Å². The van der Waals surface area contributed by atoms with Gasteiger partial charge in [-0.05, 0) is 36.6 Å². The highest BCUT2D eigenvalue weighted by Crippen LogP contribution is 2.31. The quantitative estimate of drug-likeness (QED) is 0.698. The van der Waals surface area contributed by atoms with Crippen molar-refractivity contribution in [2.45, 2.75) is 32.7 Å². The molecule has 0 radical (unpaired) electrons. The average Bonchev–Trinajstić information content (AvgIpc) is 3.30. The number of hydrogen-bond donors (Lipinski definition) is 1. The molecule has 3 aromatic rings. The molecule has 1 aliphatic heterocycles. The monoisotopic (exact) mass is 393 g/mol. The predicted octanol–water partition coefficient (Wildman–Crippen LogP) is 4.41. The fourth-order valence-electron chi connectivity index (χ4n) is 3.64. The molecule has 1 N–H and O–H groups in total. The number of nitrogens with zero attached hydrogens (tertiary/aromatic N) is 2. The molecule has 0 aliphatic carbocycles. The summed E-state index contributed by atoms with van der Waals surface area (Å²) in [6.45, 7) is 4.56. The fourth-order valence-corrected chi connectivity index (χ4v) is 4.58. The van der Waals surface area contributed by atoms with Gasteiger partial charge in [-0.2, -0.15) is 0 Å². The van der Waals surface area contributed by atoms with Crippen molar-refractivity contribution in [1.82, 2.24) is 9.88 Å². The number of nitrogens with one attached hydrogen (secondary N) is 1. The zero-order valence-electron chi connectivity index (χ0n) is 16.0. The first-order valence-electron chi connectivity index (χ1n) is 9.60. The van der Waals surface area contributed by atoms with E-state index in [2.05, 4.69) is 29.4 Å². The van der Waals surface area contributed by atoms with Crippen LogP contribution < -0.4 is 5.32 Å². The van der Waals surface area contributed by atoms with Crippen molar-refractivity contribution in [2.24, 2.45) is 5.92 Å². The largest absolute Gasteiger partial charge is 0.335 e. The second-order valence-electron chi connectivity index (χ2n) is 7.20. The van der Waals surface area contributed by atoms with E-state index in [4.69, 9.17) is 0 Å². The van der Waals surface area contributed by atoms with Gasteiger partial charge in [-0.3, -0.25) is 9.59 Å². The van der Waals surface area contributed by atoms with Crippen molar-refractivity contribution >= 4 is 38.5 Å². The van der Waals surface area contributed by atoms with Gasteiger partial charge in [0.2, 0.25) is 11.8 Å². The first-order valence-corrected chi connectivity index (χ1v) is 10.4. The lowest BCUT2D eigenvalue weighted by Gasteiger charge is -2.25. The van der Waals surface area contributed by atoms with Crippen LogP contribution in [0.2, 0.25) is 0 Å². The normalized spacial score (nSPS) is 17.9. The van der Waals surface area contributed by atoms with Crippen LogP contribution in [0.4, 0.5) is 5.13 Å². The number of thiazole rings is 1. The summed E-state index contributed by atoms with van der Waals surface area (Å²) in [4.78, 5) is 31.5. The van der Waals surface area contributed by atoms with Crippen LogP contribution in [0.25, 0.3) is 10.2 Å². The van der Waals surface area contributed by atoms with E-state index >= 15 is 0 Å². The first-order chi connectivity index (χ1) is 13.5. The Morgan fingerprint density at radius 1 is 1.29 bits per heavy atom. The lowest BCUT2D eigenvalue weighted by atomic mass is 10.1. The maximum atomic E-state index is 12.7. The molecule has 1 aliphatic rings. The third-order valence-electron chi connectivity index (χ3n) is 5.37. The molecule has 2 heterocycles. The van der Waals surface area contributed by atoms with E-state index in [1.165, 1.54) is 16.9 Å². The summed E-state index contributed by atoms with van der Waals surface area (Å²) in [5, 5.41) is 3.51. The van der Waals surface area contributed by atoms with Gasteiger partial charge in [-0.25, -0.2) is 4.98 Å². The van der Waals surface area contributed by atoms with Crippen LogP contribution in [-0.2, 0) is 16.0 Å². The third kappa shape index (κ3) is 3.64. The minimum atomic E-state index is -0.350. The van der Waals surface area contributed by atoms with Crippen LogP contribution in [-0.4, -0.2) is 28.2 Å². The molecule has 2 unspecified atom stereocenters. The van der Waals surface area contributed by atoms with Crippen LogP contribution in [0, 0.1) is 5.92 Å². The number of fused-ring (bicyclic) bond motifs is 1. The predicted molar refractivity (Wildman–Crippen MR) is 112 cm³/mol. The van der Waals surface area contributed by atoms with Gasteiger partial charge in [-0.1, -0.05) is 54.7 Å². The molecule has 4 rings (SSSR count). The molecule has 1 fully saturated rings. The zero-order valence-corrected chi connectivity index (χ0v) is 16.8. The second kappa shape index (κ2) is 7.72. The summed E-state index contributed by atoms with van der Waals surface area (Å²) >= 11 is 1.48. The number of carbonyl (C=O) groups excluding carboxylic acids is 2. The maximum Gasteiger partial charge on any atom is 0.231 e. The molecule has 5 nitrogen and oxygen atoms in total. The van der Waals surface area contributed by atoms with Crippen molar-refractivity contribution < 1.29 is 9.59 Å². The topological polar surface area (TPSA) is 62.3 Å². The molecule has 0 saturated carbocycles. The van der Waals surface area contributed by atoms with Crippen LogP contribution in [0.1, 0.15) is 37.4 Å². The summed E-state index contributed by atoms with van der Waals surface area (Å²) < 4.78 is 1.07. The van der Waals surface area contributed by atoms with Gasteiger partial charge in [0.25, 0.3) is 0 Å². The number of rotatable bonds is 5. The third-order valence-corrected chi connectivity index (χ3v) is 6.30. The molecular formula is C22H23N3O2S. The minimum Gasteiger partial charge on any atom is -0.335 e. The number of likely N-dealkylation sites (tertiary alicyclic amines) is 1. The Morgan fingerprint density at radius 3 is 2.82 bits per heavy atom. The van der Waals surface area contributed by atoms with E-state index in [9.17, 15) is 9.59 Å².